The van der Waals surface area contributed by atoms with Gasteiger partial charge in [0.15, 0.2) is 0 Å². The third kappa shape index (κ3) is 2.20. The first kappa shape index (κ1) is 11.9. The predicted octanol–water partition coefficient (Wildman–Crippen LogP) is 3.19. The van der Waals surface area contributed by atoms with Crippen LogP contribution in [0.3, 0.4) is 0 Å². The van der Waals surface area contributed by atoms with E-state index in [0.717, 1.165) is 19.4 Å². The van der Waals surface area contributed by atoms with E-state index in [-0.39, 0.29) is 0 Å². The Balaban J connectivity index is 2.01. The Morgan fingerprint density at radius 1 is 1.22 bits per heavy atom. The molecule has 1 aromatic carbocycles. The molecule has 0 spiro atoms. The molecular formula is C15H18N2S. The molecule has 2 N–H and O–H groups in total. The minimum Gasteiger partial charge on any atom is -0.330 e. The van der Waals surface area contributed by atoms with Crippen LogP contribution in [-0.4, -0.2) is 11.5 Å². The summed E-state index contributed by atoms with van der Waals surface area (Å²) in [7, 11) is 0. The molecule has 0 aliphatic heterocycles. The molecule has 2 nitrogen and oxygen atoms in total. The maximum absolute atomic E-state index is 5.58. The van der Waals surface area contributed by atoms with Crippen LogP contribution in [0.25, 0.3) is 11.3 Å². The third-order valence-corrected chi connectivity index (χ3v) is 4.63. The zero-order valence-corrected chi connectivity index (χ0v) is 11.3. The van der Waals surface area contributed by atoms with Gasteiger partial charge in [-0.25, -0.2) is 4.98 Å². The number of nitrogens with two attached hydrogens (primary N) is 1. The van der Waals surface area contributed by atoms with Crippen molar-refractivity contribution in [2.75, 3.05) is 6.54 Å². The molecule has 2 aromatic rings. The van der Waals surface area contributed by atoms with Gasteiger partial charge in [-0.3, -0.25) is 0 Å². The number of benzene rings is 1. The van der Waals surface area contributed by atoms with Gasteiger partial charge in [-0.15, -0.1) is 11.3 Å². The lowest BCUT2D eigenvalue weighted by atomic mass is 10.0. The fraction of sp³-hybridized carbons (Fsp3) is 0.400. The average molecular weight is 258 g/mol. The molecule has 18 heavy (non-hydrogen) atoms. The first-order valence-electron chi connectivity index (χ1n) is 6.65. The first-order chi connectivity index (χ1) is 8.88. The van der Waals surface area contributed by atoms with E-state index in [1.165, 1.54) is 46.0 Å². The smallest absolute Gasteiger partial charge is 0.0935 e. The van der Waals surface area contributed by atoms with Crippen LogP contribution < -0.4 is 5.73 Å². The lowest BCUT2D eigenvalue weighted by molar-refractivity contribution is 0.826. The Labute approximate surface area is 112 Å². The van der Waals surface area contributed by atoms with E-state index in [2.05, 4.69) is 24.3 Å². The topological polar surface area (TPSA) is 38.9 Å². The molecule has 3 heteroatoms. The lowest BCUT2D eigenvalue weighted by Crippen LogP contribution is -2.00. The van der Waals surface area contributed by atoms with E-state index in [4.69, 9.17) is 10.7 Å². The lowest BCUT2D eigenvalue weighted by Gasteiger charge is -2.03. The molecule has 1 aliphatic rings. The summed E-state index contributed by atoms with van der Waals surface area (Å²) in [6.45, 7) is 0.751. The maximum atomic E-state index is 5.58. The molecule has 1 aromatic heterocycles. The normalized spacial score (nSPS) is 13.8. The van der Waals surface area contributed by atoms with Gasteiger partial charge in [0.2, 0.25) is 0 Å². The highest BCUT2D eigenvalue weighted by Crippen LogP contribution is 2.35. The number of nitrogens with zero attached hydrogens (tertiary/aromatic N) is 1. The summed E-state index contributed by atoms with van der Waals surface area (Å²) in [5.74, 6) is 0. The standard InChI is InChI=1S/C15H18N2S/c16-10-4-9-14-17-15-12-7-2-1-5-11(12)6-3-8-13(15)18-14/h1-2,5,7H,3-4,6,8-10,16H2. The van der Waals surface area contributed by atoms with Crippen LogP contribution in [0, 0.1) is 0 Å². The molecule has 0 unspecified atom stereocenters. The number of thiazole rings is 1. The highest BCUT2D eigenvalue weighted by Gasteiger charge is 2.18. The van der Waals surface area contributed by atoms with Crippen LogP contribution in [0.2, 0.25) is 0 Å². The molecule has 0 bridgehead atoms. The minimum atomic E-state index is 0.751. The monoisotopic (exact) mass is 258 g/mol. The minimum absolute atomic E-state index is 0.751. The fourth-order valence-corrected chi connectivity index (χ4v) is 3.72. The van der Waals surface area contributed by atoms with Gasteiger partial charge < -0.3 is 5.73 Å². The summed E-state index contributed by atoms with van der Waals surface area (Å²) in [5.41, 5.74) is 9.61. The van der Waals surface area contributed by atoms with Gasteiger partial charge in [0, 0.05) is 16.9 Å². The van der Waals surface area contributed by atoms with Crippen LogP contribution in [0.5, 0.6) is 0 Å². The molecule has 0 saturated carbocycles. The van der Waals surface area contributed by atoms with Crippen molar-refractivity contribution < 1.29 is 0 Å². The number of hydrogen-bond donors (Lipinski definition) is 1. The molecule has 94 valence electrons. The fourth-order valence-electron chi connectivity index (χ4n) is 2.55. The summed E-state index contributed by atoms with van der Waals surface area (Å²) in [6, 6.07) is 8.70. The van der Waals surface area contributed by atoms with Gasteiger partial charge in [0.25, 0.3) is 0 Å². The quantitative estimate of drug-likeness (QED) is 0.918. The van der Waals surface area contributed by atoms with Crippen LogP contribution in [0.4, 0.5) is 0 Å². The van der Waals surface area contributed by atoms with E-state index in [1.54, 1.807) is 0 Å². The molecule has 3 rings (SSSR count). The second-order valence-corrected chi connectivity index (χ2v) is 5.95. The molecule has 1 heterocycles. The average Bonchev–Trinajstić information content (AvgIpc) is 2.72. The molecule has 0 amide bonds. The Hall–Kier alpha value is -1.19. The van der Waals surface area contributed by atoms with Gasteiger partial charge in [0.1, 0.15) is 0 Å². The van der Waals surface area contributed by atoms with Gasteiger partial charge in [-0.05, 0) is 37.8 Å². The van der Waals surface area contributed by atoms with E-state index in [1.807, 2.05) is 11.3 Å². The largest absolute Gasteiger partial charge is 0.330 e. The summed E-state index contributed by atoms with van der Waals surface area (Å²) >= 11 is 1.89. The molecule has 0 saturated heterocycles. The zero-order chi connectivity index (χ0) is 12.4. The SMILES string of the molecule is NCCCc1nc2c(s1)CCCc1ccccc1-2. The van der Waals surface area contributed by atoms with Crippen LogP contribution in [0.15, 0.2) is 24.3 Å². The Morgan fingerprint density at radius 2 is 2.11 bits per heavy atom. The van der Waals surface area contributed by atoms with Gasteiger partial charge in [0.05, 0.1) is 10.7 Å². The summed E-state index contributed by atoms with van der Waals surface area (Å²) in [5, 5.41) is 1.25. The Kier molecular flexibility index (Phi) is 3.43. The summed E-state index contributed by atoms with van der Waals surface area (Å²) in [4.78, 5) is 6.32. The van der Waals surface area contributed by atoms with E-state index >= 15 is 0 Å². The van der Waals surface area contributed by atoms with Crippen LogP contribution in [0.1, 0.15) is 28.3 Å². The van der Waals surface area contributed by atoms with Crippen molar-refractivity contribution in [1.29, 1.82) is 0 Å². The molecule has 1 aliphatic carbocycles. The molecule has 0 fully saturated rings. The molecular weight excluding hydrogens is 240 g/mol. The van der Waals surface area contributed by atoms with Crippen LogP contribution in [-0.2, 0) is 19.3 Å². The molecule has 0 radical (unpaired) electrons. The van der Waals surface area contributed by atoms with Gasteiger partial charge in [-0.1, -0.05) is 24.3 Å². The number of fused-ring (bicyclic) bond motifs is 3. The number of rotatable bonds is 3. The van der Waals surface area contributed by atoms with Crippen molar-refractivity contribution in [2.45, 2.75) is 32.1 Å². The van der Waals surface area contributed by atoms with E-state index < -0.39 is 0 Å². The maximum Gasteiger partial charge on any atom is 0.0935 e. The number of aryl methyl sites for hydroxylation is 3. The van der Waals surface area contributed by atoms with Crippen molar-refractivity contribution in [1.82, 2.24) is 4.98 Å². The van der Waals surface area contributed by atoms with Gasteiger partial charge >= 0.3 is 0 Å². The summed E-state index contributed by atoms with van der Waals surface area (Å²) < 4.78 is 0. The predicted molar refractivity (Wildman–Crippen MR) is 77.0 cm³/mol. The Morgan fingerprint density at radius 3 is 3.00 bits per heavy atom. The zero-order valence-electron chi connectivity index (χ0n) is 10.5. The van der Waals surface area contributed by atoms with Crippen LogP contribution >= 0.6 is 11.3 Å². The first-order valence-corrected chi connectivity index (χ1v) is 7.47. The van der Waals surface area contributed by atoms with Crippen molar-refractivity contribution in [3.8, 4) is 11.3 Å². The second kappa shape index (κ2) is 5.21. The van der Waals surface area contributed by atoms with E-state index in [9.17, 15) is 0 Å². The molecule has 0 atom stereocenters. The summed E-state index contributed by atoms with van der Waals surface area (Å²) in [6.07, 6.45) is 5.65. The van der Waals surface area contributed by atoms with Gasteiger partial charge in [-0.2, -0.15) is 0 Å². The highest BCUT2D eigenvalue weighted by molar-refractivity contribution is 7.12. The van der Waals surface area contributed by atoms with E-state index in [0.29, 0.717) is 0 Å². The van der Waals surface area contributed by atoms with Crippen molar-refractivity contribution >= 4 is 11.3 Å². The second-order valence-electron chi connectivity index (χ2n) is 4.78. The third-order valence-electron chi connectivity index (χ3n) is 3.46. The number of hydrogen-bond acceptors (Lipinski definition) is 3. The highest BCUT2D eigenvalue weighted by atomic mass is 32.1. The van der Waals surface area contributed by atoms with Crippen molar-refractivity contribution in [2.24, 2.45) is 5.73 Å². The number of aromatic nitrogens is 1. The van der Waals surface area contributed by atoms with Crippen molar-refractivity contribution in [3.05, 3.63) is 39.7 Å². The Bertz CT molecular complexity index is 545. The van der Waals surface area contributed by atoms with Crippen molar-refractivity contribution in [3.63, 3.8) is 0 Å².